The summed E-state index contributed by atoms with van der Waals surface area (Å²) in [4.78, 5) is 12.9. The molecule has 0 fully saturated rings. The molecule has 0 saturated heterocycles. The lowest BCUT2D eigenvalue weighted by Gasteiger charge is -2.10. The van der Waals surface area contributed by atoms with Crippen molar-refractivity contribution in [1.82, 2.24) is 4.90 Å². The summed E-state index contributed by atoms with van der Waals surface area (Å²) in [5.41, 5.74) is 1.15. The van der Waals surface area contributed by atoms with Crippen molar-refractivity contribution >= 4 is 23.0 Å². The first-order valence-electron chi connectivity index (χ1n) is 6.75. The van der Waals surface area contributed by atoms with Crippen LogP contribution < -0.4 is 4.74 Å². The summed E-state index contributed by atoms with van der Waals surface area (Å²) in [6, 6.07) is 8.05. The Morgan fingerprint density at radius 2 is 2.00 bits per heavy atom. The number of carbonyl (C=O) groups excluding carboxylic acids is 1. The van der Waals surface area contributed by atoms with Crippen LogP contribution in [0.25, 0.3) is 6.08 Å². The molecule has 110 valence electrons. The van der Waals surface area contributed by atoms with Gasteiger partial charge < -0.3 is 9.64 Å². The molecule has 3 nitrogen and oxygen atoms in total. The Morgan fingerprint density at radius 3 is 2.60 bits per heavy atom. The van der Waals surface area contributed by atoms with E-state index < -0.39 is 0 Å². The summed E-state index contributed by atoms with van der Waals surface area (Å²) in [6.45, 7) is 3.21. The van der Waals surface area contributed by atoms with Crippen LogP contribution in [0.1, 0.15) is 18.9 Å². The Labute approximate surface area is 126 Å². The van der Waals surface area contributed by atoms with Gasteiger partial charge in [-0.15, -0.1) is 0 Å². The molecule has 0 aliphatic rings. The lowest BCUT2D eigenvalue weighted by atomic mass is 10.2. The number of carbonyl (C=O) groups is 1. The van der Waals surface area contributed by atoms with Crippen molar-refractivity contribution in [3.05, 3.63) is 35.9 Å². The molecule has 0 unspecified atom stereocenters. The van der Waals surface area contributed by atoms with Crippen LogP contribution in [0.4, 0.5) is 0 Å². The summed E-state index contributed by atoms with van der Waals surface area (Å²) in [5, 5.41) is 0.178. The molecule has 0 heterocycles. The number of hydrogen-bond acceptors (Lipinski definition) is 4. The van der Waals surface area contributed by atoms with Crippen LogP contribution in [-0.4, -0.2) is 43.0 Å². The van der Waals surface area contributed by atoms with Crippen molar-refractivity contribution in [2.24, 2.45) is 0 Å². The van der Waals surface area contributed by atoms with Gasteiger partial charge >= 0.3 is 0 Å². The fraction of sp³-hybridized carbons (Fsp3) is 0.438. The van der Waals surface area contributed by atoms with Gasteiger partial charge in [0.25, 0.3) is 0 Å². The average molecular weight is 293 g/mol. The second kappa shape index (κ2) is 9.61. The quantitative estimate of drug-likeness (QED) is 0.688. The molecule has 4 heteroatoms. The zero-order valence-corrected chi connectivity index (χ0v) is 13.3. The smallest absolute Gasteiger partial charge is 0.185 e. The number of thioether (sulfide) groups is 1. The van der Waals surface area contributed by atoms with E-state index in [2.05, 4.69) is 17.1 Å². The SMILES string of the molecule is CC(=O)SCCC=Cc1ccc(OCCN(C)C)cc1. The minimum atomic E-state index is 0.178. The molecular formula is C16H23NO2S. The van der Waals surface area contributed by atoms with Gasteiger partial charge in [0.2, 0.25) is 0 Å². The van der Waals surface area contributed by atoms with E-state index in [-0.39, 0.29) is 5.12 Å². The minimum absolute atomic E-state index is 0.178. The Morgan fingerprint density at radius 1 is 1.30 bits per heavy atom. The molecule has 0 spiro atoms. The van der Waals surface area contributed by atoms with Gasteiger partial charge in [-0.05, 0) is 38.2 Å². The molecule has 1 aromatic rings. The zero-order chi connectivity index (χ0) is 14.8. The molecule has 20 heavy (non-hydrogen) atoms. The highest BCUT2D eigenvalue weighted by atomic mass is 32.2. The van der Waals surface area contributed by atoms with Crippen LogP contribution in [0.5, 0.6) is 5.75 Å². The number of allylic oxidation sites excluding steroid dienone is 1. The average Bonchev–Trinajstić information content (AvgIpc) is 2.39. The number of rotatable bonds is 8. The van der Waals surface area contributed by atoms with Gasteiger partial charge in [-0.3, -0.25) is 4.79 Å². The highest BCUT2D eigenvalue weighted by Gasteiger charge is 1.95. The van der Waals surface area contributed by atoms with Crippen molar-refractivity contribution in [1.29, 1.82) is 0 Å². The summed E-state index contributed by atoms with van der Waals surface area (Å²) in [7, 11) is 4.06. The fourth-order valence-electron chi connectivity index (χ4n) is 1.51. The van der Waals surface area contributed by atoms with E-state index in [9.17, 15) is 4.79 Å². The van der Waals surface area contributed by atoms with E-state index in [1.54, 1.807) is 6.92 Å². The second-order valence-electron chi connectivity index (χ2n) is 4.75. The molecule has 0 aliphatic carbocycles. The standard InChI is InChI=1S/C16H23NO2S/c1-14(18)20-13-5-4-6-15-7-9-16(10-8-15)19-12-11-17(2)3/h4,6-10H,5,11-13H2,1-3H3. The van der Waals surface area contributed by atoms with Crippen LogP contribution in [-0.2, 0) is 4.79 Å². The van der Waals surface area contributed by atoms with Crippen LogP contribution >= 0.6 is 11.8 Å². The molecular weight excluding hydrogens is 270 g/mol. The monoisotopic (exact) mass is 293 g/mol. The maximum absolute atomic E-state index is 10.8. The summed E-state index contributed by atoms with van der Waals surface area (Å²) < 4.78 is 5.63. The van der Waals surface area contributed by atoms with E-state index in [0.717, 1.165) is 30.0 Å². The Balaban J connectivity index is 2.31. The zero-order valence-electron chi connectivity index (χ0n) is 12.5. The van der Waals surface area contributed by atoms with Crippen molar-refractivity contribution in [2.45, 2.75) is 13.3 Å². The van der Waals surface area contributed by atoms with E-state index >= 15 is 0 Å². The number of nitrogens with zero attached hydrogens (tertiary/aromatic N) is 1. The first-order chi connectivity index (χ1) is 9.58. The van der Waals surface area contributed by atoms with Crippen molar-refractivity contribution in [2.75, 3.05) is 33.0 Å². The van der Waals surface area contributed by atoms with Crippen LogP contribution in [0.15, 0.2) is 30.3 Å². The normalized spacial score (nSPS) is 11.2. The van der Waals surface area contributed by atoms with E-state index in [1.165, 1.54) is 11.8 Å². The number of likely N-dealkylation sites (N-methyl/N-ethyl adjacent to an activating group) is 1. The Kier molecular flexibility index (Phi) is 8.07. The number of hydrogen-bond donors (Lipinski definition) is 0. The molecule has 0 aromatic heterocycles. The van der Waals surface area contributed by atoms with E-state index in [0.29, 0.717) is 6.61 Å². The van der Waals surface area contributed by atoms with Gasteiger partial charge in [0, 0.05) is 19.2 Å². The molecule has 0 amide bonds. The van der Waals surface area contributed by atoms with Crippen molar-refractivity contribution in [3.63, 3.8) is 0 Å². The fourth-order valence-corrected chi connectivity index (χ4v) is 2.05. The molecule has 0 aliphatic heterocycles. The molecule has 1 aromatic carbocycles. The molecule has 0 atom stereocenters. The van der Waals surface area contributed by atoms with Gasteiger partial charge in [-0.2, -0.15) is 0 Å². The molecule has 0 N–H and O–H groups in total. The predicted molar refractivity (Wildman–Crippen MR) is 87.3 cm³/mol. The lowest BCUT2D eigenvalue weighted by Crippen LogP contribution is -2.19. The minimum Gasteiger partial charge on any atom is -0.492 e. The van der Waals surface area contributed by atoms with E-state index in [1.807, 2.05) is 38.4 Å². The van der Waals surface area contributed by atoms with Crippen LogP contribution in [0, 0.1) is 0 Å². The Bertz CT molecular complexity index is 427. The highest BCUT2D eigenvalue weighted by molar-refractivity contribution is 8.13. The first kappa shape index (κ1) is 16.8. The van der Waals surface area contributed by atoms with Crippen molar-refractivity contribution in [3.8, 4) is 5.75 Å². The highest BCUT2D eigenvalue weighted by Crippen LogP contribution is 2.13. The summed E-state index contributed by atoms with van der Waals surface area (Å²) in [6.07, 6.45) is 5.08. The van der Waals surface area contributed by atoms with Gasteiger partial charge in [-0.1, -0.05) is 36.0 Å². The number of ether oxygens (including phenoxy) is 1. The largest absolute Gasteiger partial charge is 0.492 e. The van der Waals surface area contributed by atoms with Gasteiger partial charge in [-0.25, -0.2) is 0 Å². The summed E-state index contributed by atoms with van der Waals surface area (Å²) in [5.74, 6) is 1.74. The third-order valence-corrected chi connectivity index (χ3v) is 3.43. The Hall–Kier alpha value is -1.26. The first-order valence-corrected chi connectivity index (χ1v) is 7.74. The van der Waals surface area contributed by atoms with Crippen molar-refractivity contribution < 1.29 is 9.53 Å². The van der Waals surface area contributed by atoms with E-state index in [4.69, 9.17) is 4.74 Å². The number of benzene rings is 1. The molecule has 0 bridgehead atoms. The van der Waals surface area contributed by atoms with Gasteiger partial charge in [0.1, 0.15) is 12.4 Å². The topological polar surface area (TPSA) is 29.5 Å². The van der Waals surface area contributed by atoms with Gasteiger partial charge in [0.15, 0.2) is 5.12 Å². The molecule has 1 rings (SSSR count). The van der Waals surface area contributed by atoms with Gasteiger partial charge in [0.05, 0.1) is 0 Å². The molecule has 0 radical (unpaired) electrons. The lowest BCUT2D eigenvalue weighted by molar-refractivity contribution is -0.109. The molecule has 0 saturated carbocycles. The predicted octanol–water partition coefficient (Wildman–Crippen LogP) is 3.31. The second-order valence-corrected chi connectivity index (χ2v) is 6.02. The third kappa shape index (κ3) is 8.02. The third-order valence-electron chi connectivity index (χ3n) is 2.59. The van der Waals surface area contributed by atoms with Crippen LogP contribution in [0.2, 0.25) is 0 Å². The summed E-state index contributed by atoms with van der Waals surface area (Å²) >= 11 is 1.37. The maximum atomic E-state index is 10.8. The van der Waals surface area contributed by atoms with Crippen LogP contribution in [0.3, 0.4) is 0 Å². The maximum Gasteiger partial charge on any atom is 0.185 e.